The number of furan rings is 3. The first-order valence-corrected chi connectivity index (χ1v) is 35.8. The maximum atomic E-state index is 6.38. The third-order valence-corrected chi connectivity index (χ3v) is 21.9. The van der Waals surface area contributed by atoms with E-state index in [1.807, 2.05) is 36.4 Å². The van der Waals surface area contributed by atoms with Crippen molar-refractivity contribution in [3.8, 4) is 84.6 Å². The Morgan fingerprint density at radius 3 is 0.830 bits per heavy atom. The van der Waals surface area contributed by atoms with E-state index in [2.05, 4.69) is 317 Å². The summed E-state index contributed by atoms with van der Waals surface area (Å²) >= 11 is 0. The molecule has 16 aromatic carbocycles. The van der Waals surface area contributed by atoms with Crippen LogP contribution in [0.3, 0.4) is 0 Å². The Bertz CT molecular complexity index is 7360. The zero-order valence-electron chi connectivity index (χ0n) is 56.7. The van der Waals surface area contributed by atoms with Crippen LogP contribution >= 0.6 is 0 Å². The van der Waals surface area contributed by atoms with Crippen molar-refractivity contribution in [2.75, 3.05) is 0 Å². The van der Waals surface area contributed by atoms with Crippen LogP contribution in [0.4, 0.5) is 0 Å². The highest BCUT2D eigenvalue weighted by molar-refractivity contribution is 6.15. The maximum absolute atomic E-state index is 6.38. The largest absolute Gasteiger partial charge is 0.456 e. The second kappa shape index (κ2) is 22.5. The maximum Gasteiger partial charge on any atom is 0.164 e. The number of nitrogens with zero attached hydrogens (tertiary/aromatic N) is 6. The molecular formula is C97H56N6O3. The fraction of sp³-hybridized carbons (Fsp3) is 0. The standard InChI is InChI=1S/C97H56N6O3/c1-7-19-83-71(13-1)74-43-32-61(64-35-46-80-77-16-4-10-22-89(77)104-92(80)54-64)51-86(74)101(83)68-38-27-57(28-39-68)95-98-96(58-29-40-69(41-30-58)102-84-20-8-2-14-72(84)75-44-33-62(52-87(75)102)65-36-47-81-78-17-5-11-23-90(78)105-93(81)55-65)100-97(99-95)67-26-25-60-50-70(42-31-59(60)49-67)103-85-21-9-3-15-73(85)76-45-34-63(53-88(76)103)66-37-48-82-79-18-6-12-24-91(79)106-94(82)56-66/h1-56H. The van der Waals surface area contributed by atoms with Gasteiger partial charge in [-0.3, -0.25) is 0 Å². The second-order valence-corrected chi connectivity index (χ2v) is 27.8. The molecule has 0 N–H and O–H groups in total. The molecule has 23 aromatic rings. The lowest BCUT2D eigenvalue weighted by Gasteiger charge is -2.13. The predicted octanol–water partition coefficient (Wildman–Crippen LogP) is 26.0. The van der Waals surface area contributed by atoms with E-state index in [-0.39, 0.29) is 0 Å². The van der Waals surface area contributed by atoms with Crippen molar-refractivity contribution in [2.24, 2.45) is 0 Å². The highest BCUT2D eigenvalue weighted by Gasteiger charge is 2.22. The van der Waals surface area contributed by atoms with Gasteiger partial charge in [-0.2, -0.15) is 0 Å². The molecule has 0 amide bonds. The molecule has 492 valence electrons. The molecule has 0 radical (unpaired) electrons. The number of hydrogen-bond acceptors (Lipinski definition) is 6. The van der Waals surface area contributed by atoms with E-state index in [1.54, 1.807) is 0 Å². The van der Waals surface area contributed by atoms with Gasteiger partial charge in [0.15, 0.2) is 17.5 Å². The SMILES string of the molecule is c1ccc2c(c1)oc1cc(-c3ccc4c5ccccc5n(-c5ccc(-c6nc(-c7ccc(-n8c9ccccc9c9ccc(-c%10ccc%11c(c%10)oc%10ccccc%10%11)cc98)cc7)nc(-c7ccc8cc(-n9c%10ccccc%10c%10ccc(-c%11ccc%12c(c%11)oc%11ccccc%11%12)cc%109)ccc8c7)n6)cc5)c4c3)ccc12. The van der Waals surface area contributed by atoms with E-state index in [0.29, 0.717) is 17.5 Å². The molecule has 23 rings (SSSR count). The van der Waals surface area contributed by atoms with Crippen LogP contribution in [-0.4, -0.2) is 28.7 Å². The molecule has 0 aliphatic rings. The van der Waals surface area contributed by atoms with Gasteiger partial charge in [-0.05, 0) is 202 Å². The molecule has 0 fully saturated rings. The average Bonchev–Trinajstić information content (AvgIpc) is 1.60. The third kappa shape index (κ3) is 8.99. The zero-order chi connectivity index (χ0) is 69.2. The minimum atomic E-state index is 0.565. The Morgan fingerprint density at radius 2 is 0.434 bits per heavy atom. The molecule has 9 heteroatoms. The van der Waals surface area contributed by atoms with E-state index in [9.17, 15) is 0 Å². The first kappa shape index (κ1) is 58.3. The summed E-state index contributed by atoms with van der Waals surface area (Å²) in [6.07, 6.45) is 0. The van der Waals surface area contributed by atoms with Gasteiger partial charge in [-0.15, -0.1) is 0 Å². The van der Waals surface area contributed by atoms with Crippen LogP contribution < -0.4 is 0 Å². The first-order chi connectivity index (χ1) is 52.5. The Hall–Kier alpha value is -14.4. The fourth-order valence-corrected chi connectivity index (χ4v) is 16.8. The Balaban J connectivity index is 0.637. The molecule has 0 atom stereocenters. The molecule has 0 saturated carbocycles. The van der Waals surface area contributed by atoms with E-state index in [0.717, 1.165) is 177 Å². The van der Waals surface area contributed by atoms with Gasteiger partial charge in [0.2, 0.25) is 0 Å². The van der Waals surface area contributed by atoms with Crippen LogP contribution in [0.15, 0.2) is 353 Å². The molecule has 9 nitrogen and oxygen atoms in total. The highest BCUT2D eigenvalue weighted by atomic mass is 16.3. The summed E-state index contributed by atoms with van der Waals surface area (Å²) < 4.78 is 26.3. The van der Waals surface area contributed by atoms with E-state index >= 15 is 0 Å². The van der Waals surface area contributed by atoms with Crippen molar-refractivity contribution < 1.29 is 13.3 Å². The van der Waals surface area contributed by atoms with Gasteiger partial charge in [0.05, 0.1) is 33.1 Å². The van der Waals surface area contributed by atoms with Crippen molar-refractivity contribution in [3.05, 3.63) is 340 Å². The molecule has 106 heavy (non-hydrogen) atoms. The van der Waals surface area contributed by atoms with Gasteiger partial charge in [0, 0.05) is 98.4 Å². The van der Waals surface area contributed by atoms with E-state index < -0.39 is 0 Å². The monoisotopic (exact) mass is 1350 g/mol. The van der Waals surface area contributed by atoms with Gasteiger partial charge in [-0.1, -0.05) is 182 Å². The van der Waals surface area contributed by atoms with Crippen LogP contribution in [0.5, 0.6) is 0 Å². The summed E-state index contributed by atoms with van der Waals surface area (Å²) in [5, 5.41) is 15.9. The molecule has 0 aliphatic carbocycles. The number of hydrogen-bond donors (Lipinski definition) is 0. The Kier molecular flexibility index (Phi) is 12.4. The molecule has 0 unspecified atom stereocenters. The summed E-state index contributed by atoms with van der Waals surface area (Å²) in [5.41, 5.74) is 24.3. The lowest BCUT2D eigenvalue weighted by molar-refractivity contribution is 0.668. The van der Waals surface area contributed by atoms with Crippen molar-refractivity contribution in [1.82, 2.24) is 28.7 Å². The van der Waals surface area contributed by atoms with Crippen molar-refractivity contribution in [2.45, 2.75) is 0 Å². The first-order valence-electron chi connectivity index (χ1n) is 35.8. The Labute approximate surface area is 604 Å². The van der Waals surface area contributed by atoms with E-state index in [1.165, 1.54) is 32.3 Å². The van der Waals surface area contributed by atoms with Crippen LogP contribution in [0.1, 0.15) is 0 Å². The van der Waals surface area contributed by atoms with E-state index in [4.69, 9.17) is 28.2 Å². The number of rotatable bonds is 9. The summed E-state index contributed by atoms with van der Waals surface area (Å²) in [7, 11) is 0. The lowest BCUT2D eigenvalue weighted by Crippen LogP contribution is -2.01. The molecule has 7 aromatic heterocycles. The number of para-hydroxylation sites is 6. The second-order valence-electron chi connectivity index (χ2n) is 27.8. The minimum Gasteiger partial charge on any atom is -0.456 e. The minimum absolute atomic E-state index is 0.565. The number of fused-ring (bicyclic) bond motifs is 19. The fourth-order valence-electron chi connectivity index (χ4n) is 16.8. The summed E-state index contributed by atoms with van der Waals surface area (Å²) in [6, 6.07) is 121. The van der Waals surface area contributed by atoms with Gasteiger partial charge >= 0.3 is 0 Å². The van der Waals surface area contributed by atoms with Gasteiger partial charge in [0.1, 0.15) is 33.5 Å². The predicted molar refractivity (Wildman–Crippen MR) is 435 cm³/mol. The van der Waals surface area contributed by atoms with Crippen LogP contribution in [-0.2, 0) is 0 Å². The highest BCUT2D eigenvalue weighted by Crippen LogP contribution is 2.43. The molecule has 0 aliphatic heterocycles. The molecule has 0 saturated heterocycles. The van der Waals surface area contributed by atoms with Crippen molar-refractivity contribution >= 4 is 142 Å². The number of aromatic nitrogens is 6. The van der Waals surface area contributed by atoms with Gasteiger partial charge < -0.3 is 27.0 Å². The lowest BCUT2D eigenvalue weighted by atomic mass is 10.0. The Morgan fingerprint density at radius 1 is 0.170 bits per heavy atom. The zero-order valence-corrected chi connectivity index (χ0v) is 56.7. The van der Waals surface area contributed by atoms with Crippen molar-refractivity contribution in [3.63, 3.8) is 0 Å². The molecule has 7 heterocycles. The average molecular weight is 1350 g/mol. The van der Waals surface area contributed by atoms with Crippen LogP contribution in [0, 0.1) is 0 Å². The number of benzene rings is 16. The third-order valence-electron chi connectivity index (χ3n) is 21.9. The quantitative estimate of drug-likeness (QED) is 0.143. The smallest absolute Gasteiger partial charge is 0.164 e. The van der Waals surface area contributed by atoms with Crippen LogP contribution in [0.25, 0.3) is 227 Å². The molecule has 0 bridgehead atoms. The van der Waals surface area contributed by atoms with Gasteiger partial charge in [-0.25, -0.2) is 15.0 Å². The van der Waals surface area contributed by atoms with Crippen molar-refractivity contribution in [1.29, 1.82) is 0 Å². The normalized spacial score (nSPS) is 12.2. The molecule has 0 spiro atoms. The topological polar surface area (TPSA) is 92.9 Å². The summed E-state index contributed by atoms with van der Waals surface area (Å²) in [6.45, 7) is 0. The summed E-state index contributed by atoms with van der Waals surface area (Å²) in [4.78, 5) is 16.2. The molecular weight excluding hydrogens is 1300 g/mol. The summed E-state index contributed by atoms with van der Waals surface area (Å²) in [5.74, 6) is 1.70. The van der Waals surface area contributed by atoms with Crippen LogP contribution in [0.2, 0.25) is 0 Å². The van der Waals surface area contributed by atoms with Gasteiger partial charge in [0.25, 0.3) is 0 Å².